The monoisotopic (exact) mass is 343 g/mol. The fourth-order valence-corrected chi connectivity index (χ4v) is 2.08. The number of halogens is 4. The summed E-state index contributed by atoms with van der Waals surface area (Å²) in [5.41, 5.74) is -1.66. The molecule has 2 N–H and O–H groups in total. The third kappa shape index (κ3) is 3.43. The van der Waals surface area contributed by atoms with Crippen molar-refractivity contribution in [1.29, 1.82) is 0 Å². The number of rotatable bonds is 2. The van der Waals surface area contributed by atoms with Crippen LogP contribution < -0.4 is 4.72 Å². The zero-order valence-corrected chi connectivity index (χ0v) is 11.3. The number of aromatic nitrogens is 2. The molecule has 114 valence electrons. The van der Waals surface area contributed by atoms with E-state index in [1.54, 1.807) is 0 Å². The molecule has 0 spiro atoms. The van der Waals surface area contributed by atoms with Gasteiger partial charge in [-0.15, -0.1) is 0 Å². The molecule has 0 saturated heterocycles. The van der Waals surface area contributed by atoms with Crippen molar-refractivity contribution >= 4 is 33.3 Å². The molecule has 2 aromatic rings. The van der Waals surface area contributed by atoms with E-state index in [0.717, 1.165) is 6.07 Å². The molecule has 0 unspecified atom stereocenters. The molecule has 0 fully saturated rings. The number of amides is 1. The summed E-state index contributed by atoms with van der Waals surface area (Å²) in [7, 11) is -4.81. The lowest BCUT2D eigenvalue weighted by atomic mass is 10.2. The third-order valence-corrected chi connectivity index (χ3v) is 3.05. The minimum Gasteiger partial charge on any atom is -0.269 e. The highest BCUT2D eigenvalue weighted by atomic mass is 35.5. The Labute approximate surface area is 120 Å². The standard InChI is InChI=1S/C9H5ClF3N3O4S/c10-5-1-4(9(11,12)13)3-16-7(5)2-6(14-16)8(17)15-21(18,19)20/h1-3H,(H,15,17)(H,18,19,20). The van der Waals surface area contributed by atoms with Gasteiger partial charge in [-0.05, 0) is 12.1 Å². The average Bonchev–Trinajstić information content (AvgIpc) is 2.69. The molecule has 2 heterocycles. The predicted octanol–water partition coefficient (Wildman–Crippen LogP) is 1.54. The highest BCUT2D eigenvalue weighted by Gasteiger charge is 2.32. The van der Waals surface area contributed by atoms with Crippen LogP contribution in [0.3, 0.4) is 0 Å². The van der Waals surface area contributed by atoms with Crippen molar-refractivity contribution in [2.45, 2.75) is 6.18 Å². The normalized spacial score (nSPS) is 12.6. The molecule has 0 bridgehead atoms. The molecule has 2 rings (SSSR count). The van der Waals surface area contributed by atoms with Crippen LogP contribution in [0.15, 0.2) is 18.3 Å². The van der Waals surface area contributed by atoms with E-state index >= 15 is 0 Å². The first-order valence-electron chi connectivity index (χ1n) is 5.03. The van der Waals surface area contributed by atoms with E-state index in [1.165, 1.54) is 4.72 Å². The van der Waals surface area contributed by atoms with Crippen molar-refractivity contribution in [2.75, 3.05) is 0 Å². The van der Waals surface area contributed by atoms with Crippen molar-refractivity contribution in [3.63, 3.8) is 0 Å². The highest BCUT2D eigenvalue weighted by Crippen LogP contribution is 2.32. The van der Waals surface area contributed by atoms with Crippen LogP contribution in [-0.2, 0) is 16.5 Å². The van der Waals surface area contributed by atoms with Crippen LogP contribution in [0.25, 0.3) is 5.52 Å². The van der Waals surface area contributed by atoms with Crippen LogP contribution in [0.4, 0.5) is 13.2 Å². The highest BCUT2D eigenvalue weighted by molar-refractivity contribution is 7.84. The maximum absolute atomic E-state index is 12.6. The maximum Gasteiger partial charge on any atom is 0.417 e. The van der Waals surface area contributed by atoms with Crippen molar-refractivity contribution in [3.8, 4) is 0 Å². The summed E-state index contributed by atoms with van der Waals surface area (Å²) >= 11 is 5.66. The van der Waals surface area contributed by atoms with E-state index in [-0.39, 0.29) is 10.5 Å². The van der Waals surface area contributed by atoms with Crippen molar-refractivity contribution in [3.05, 3.63) is 34.6 Å². The Morgan fingerprint density at radius 1 is 1.38 bits per heavy atom. The van der Waals surface area contributed by atoms with Gasteiger partial charge in [0.1, 0.15) is 0 Å². The van der Waals surface area contributed by atoms with Crippen LogP contribution in [0, 0.1) is 0 Å². The Morgan fingerprint density at radius 2 is 2.00 bits per heavy atom. The molecule has 12 heteroatoms. The van der Waals surface area contributed by atoms with E-state index in [1.807, 2.05) is 0 Å². The topological polar surface area (TPSA) is 101 Å². The van der Waals surface area contributed by atoms with Crippen molar-refractivity contribution in [1.82, 2.24) is 14.3 Å². The van der Waals surface area contributed by atoms with E-state index < -0.39 is 33.6 Å². The summed E-state index contributed by atoms with van der Waals surface area (Å²) in [5.74, 6) is -1.31. The number of nitrogens with zero attached hydrogens (tertiary/aromatic N) is 2. The molecular formula is C9H5ClF3N3O4S. The van der Waals surface area contributed by atoms with E-state index in [0.29, 0.717) is 16.8 Å². The quantitative estimate of drug-likeness (QED) is 0.805. The molecule has 0 radical (unpaired) electrons. The van der Waals surface area contributed by atoms with Gasteiger partial charge in [0.15, 0.2) is 5.69 Å². The lowest BCUT2D eigenvalue weighted by Gasteiger charge is -2.07. The van der Waals surface area contributed by atoms with Crippen LogP contribution in [0.5, 0.6) is 0 Å². The number of hydrogen-bond acceptors (Lipinski definition) is 4. The van der Waals surface area contributed by atoms with Gasteiger partial charge >= 0.3 is 16.5 Å². The largest absolute Gasteiger partial charge is 0.417 e. The first-order chi connectivity index (χ1) is 9.47. The number of nitrogens with one attached hydrogen (secondary N) is 1. The van der Waals surface area contributed by atoms with Crippen LogP contribution >= 0.6 is 11.6 Å². The molecule has 0 aromatic carbocycles. The van der Waals surface area contributed by atoms with Crippen molar-refractivity contribution in [2.24, 2.45) is 0 Å². The zero-order valence-electron chi connectivity index (χ0n) is 9.72. The second kappa shape index (κ2) is 4.86. The lowest BCUT2D eigenvalue weighted by Crippen LogP contribution is -2.30. The lowest BCUT2D eigenvalue weighted by molar-refractivity contribution is -0.137. The van der Waals surface area contributed by atoms with Gasteiger partial charge in [-0.2, -0.15) is 26.7 Å². The first kappa shape index (κ1) is 15.5. The summed E-state index contributed by atoms with van der Waals surface area (Å²) in [4.78, 5) is 11.4. The fraction of sp³-hybridized carbons (Fsp3) is 0.111. The predicted molar refractivity (Wildman–Crippen MR) is 64.2 cm³/mol. The van der Waals surface area contributed by atoms with Gasteiger partial charge < -0.3 is 0 Å². The summed E-state index contributed by atoms with van der Waals surface area (Å²) in [6.45, 7) is 0. The maximum atomic E-state index is 12.6. The smallest absolute Gasteiger partial charge is 0.269 e. The van der Waals surface area contributed by atoms with Gasteiger partial charge in [0.05, 0.1) is 16.1 Å². The summed E-state index contributed by atoms with van der Waals surface area (Å²) in [6, 6.07) is 1.62. The molecule has 0 aliphatic heterocycles. The van der Waals surface area contributed by atoms with Gasteiger partial charge in [-0.25, -0.2) is 9.24 Å². The first-order valence-corrected chi connectivity index (χ1v) is 6.85. The molecule has 21 heavy (non-hydrogen) atoms. The van der Waals surface area contributed by atoms with Gasteiger partial charge in [0, 0.05) is 6.20 Å². The molecule has 2 aromatic heterocycles. The number of fused-ring (bicyclic) bond motifs is 1. The van der Waals surface area contributed by atoms with Crippen LogP contribution in [-0.4, -0.2) is 28.5 Å². The number of alkyl halides is 3. The van der Waals surface area contributed by atoms with E-state index in [4.69, 9.17) is 16.2 Å². The van der Waals surface area contributed by atoms with Gasteiger partial charge in [0.25, 0.3) is 5.91 Å². The Bertz CT molecular complexity index is 831. The van der Waals surface area contributed by atoms with Gasteiger partial charge in [0.2, 0.25) is 0 Å². The van der Waals surface area contributed by atoms with E-state index in [9.17, 15) is 26.4 Å². The van der Waals surface area contributed by atoms with Crippen LogP contribution in [0.2, 0.25) is 5.02 Å². The molecule has 7 nitrogen and oxygen atoms in total. The van der Waals surface area contributed by atoms with Gasteiger partial charge in [-0.3, -0.25) is 9.35 Å². The van der Waals surface area contributed by atoms with Crippen molar-refractivity contribution < 1.29 is 30.9 Å². The summed E-state index contributed by atoms with van der Waals surface area (Å²) < 4.78 is 69.1. The molecule has 1 amide bonds. The zero-order chi connectivity index (χ0) is 16.0. The molecule has 0 aliphatic rings. The van der Waals surface area contributed by atoms with Gasteiger partial charge in [-0.1, -0.05) is 11.6 Å². The minimum atomic E-state index is -4.81. The Kier molecular flexibility index (Phi) is 3.59. The molecule has 0 aliphatic carbocycles. The van der Waals surface area contributed by atoms with E-state index in [2.05, 4.69) is 5.10 Å². The molecule has 0 saturated carbocycles. The number of carbonyl (C=O) groups excluding carboxylic acids is 1. The second-order valence-corrected chi connectivity index (χ2v) is 5.40. The van der Waals surface area contributed by atoms with Crippen LogP contribution in [0.1, 0.15) is 16.1 Å². The minimum absolute atomic E-state index is 0.0369. The third-order valence-electron chi connectivity index (χ3n) is 2.31. The number of pyridine rings is 1. The summed E-state index contributed by atoms with van der Waals surface area (Å²) in [6.07, 6.45) is -4.08. The second-order valence-electron chi connectivity index (χ2n) is 3.84. The number of hydrogen-bond donors (Lipinski definition) is 2. The summed E-state index contributed by atoms with van der Waals surface area (Å²) in [5, 5.41) is 3.15. The SMILES string of the molecule is O=C(NS(=O)(=O)O)c1cc2c(Cl)cc(C(F)(F)F)cn2n1. The fourth-order valence-electron chi connectivity index (χ4n) is 1.49. The Hall–Kier alpha value is -1.85. The molecule has 0 atom stereocenters. The molecular weight excluding hydrogens is 339 g/mol. The average molecular weight is 344 g/mol. The number of carbonyl (C=O) groups is 1. The Morgan fingerprint density at radius 3 is 2.52 bits per heavy atom. The Balaban J connectivity index is 2.52.